The van der Waals surface area contributed by atoms with Gasteiger partial charge in [-0.25, -0.2) is 0 Å². The van der Waals surface area contributed by atoms with Gasteiger partial charge in [0, 0.05) is 18.5 Å². The Bertz CT molecular complexity index is 749. The highest BCUT2D eigenvalue weighted by Gasteiger charge is 2.15. The Morgan fingerprint density at radius 2 is 1.64 bits per heavy atom. The number of para-hydroxylation sites is 1. The summed E-state index contributed by atoms with van der Waals surface area (Å²) >= 11 is 0. The molecule has 0 amide bonds. The van der Waals surface area contributed by atoms with Crippen LogP contribution in [0.5, 0.6) is 5.75 Å². The van der Waals surface area contributed by atoms with Crippen molar-refractivity contribution in [3.63, 3.8) is 0 Å². The van der Waals surface area contributed by atoms with E-state index in [1.807, 2.05) is 30.3 Å². The van der Waals surface area contributed by atoms with Gasteiger partial charge in [-0.3, -0.25) is 0 Å². The zero-order valence-corrected chi connectivity index (χ0v) is 17.4. The number of rotatable bonds is 7. The van der Waals surface area contributed by atoms with Crippen LogP contribution >= 0.6 is 0 Å². The molecule has 1 heterocycles. The third-order valence-electron chi connectivity index (χ3n) is 5.22. The molecule has 1 atom stereocenters. The van der Waals surface area contributed by atoms with Crippen LogP contribution in [-0.4, -0.2) is 24.5 Å². The smallest absolute Gasteiger partial charge is 0.124 e. The van der Waals surface area contributed by atoms with Crippen LogP contribution in [0.2, 0.25) is 0 Å². The van der Waals surface area contributed by atoms with Crippen LogP contribution in [0.15, 0.2) is 54.6 Å². The van der Waals surface area contributed by atoms with E-state index in [1.165, 1.54) is 37.9 Å². The molecule has 0 saturated carbocycles. The molecule has 0 radical (unpaired) electrons. The molecule has 0 aromatic heterocycles. The van der Waals surface area contributed by atoms with E-state index in [-0.39, 0.29) is 6.10 Å². The molecule has 0 spiro atoms. The topological polar surface area (TPSA) is 12.5 Å². The van der Waals surface area contributed by atoms with Gasteiger partial charge in [0.2, 0.25) is 0 Å². The molecular weight excluding hydrogens is 342 g/mol. The summed E-state index contributed by atoms with van der Waals surface area (Å²) in [4.78, 5) is 2.54. The van der Waals surface area contributed by atoms with Crippen LogP contribution in [0.1, 0.15) is 63.2 Å². The van der Waals surface area contributed by atoms with Gasteiger partial charge >= 0.3 is 0 Å². The van der Waals surface area contributed by atoms with E-state index in [0.717, 1.165) is 30.7 Å². The van der Waals surface area contributed by atoms with Gasteiger partial charge in [-0.2, -0.15) is 0 Å². The van der Waals surface area contributed by atoms with E-state index in [0.29, 0.717) is 5.92 Å². The Morgan fingerprint density at radius 1 is 0.929 bits per heavy atom. The molecule has 1 saturated heterocycles. The van der Waals surface area contributed by atoms with Crippen LogP contribution in [0.4, 0.5) is 0 Å². The summed E-state index contributed by atoms with van der Waals surface area (Å²) in [5.74, 6) is 8.17. The molecule has 2 heteroatoms. The van der Waals surface area contributed by atoms with Gasteiger partial charge in [0.1, 0.15) is 11.9 Å². The first-order valence-corrected chi connectivity index (χ1v) is 10.7. The van der Waals surface area contributed by atoms with E-state index in [4.69, 9.17) is 4.74 Å². The van der Waals surface area contributed by atoms with Crippen molar-refractivity contribution in [3.05, 3.63) is 65.7 Å². The Kier molecular flexibility index (Phi) is 8.00. The molecule has 1 aliphatic rings. The monoisotopic (exact) mass is 375 g/mol. The van der Waals surface area contributed by atoms with Gasteiger partial charge in [0.25, 0.3) is 0 Å². The number of nitrogens with zero attached hydrogens (tertiary/aromatic N) is 1. The molecule has 2 nitrogen and oxygen atoms in total. The standard InChI is InChI=1S/C26H33NO/c1-22(2)21-26(28-25-12-5-3-6-13-25)24-16-14-23(15-17-24)11-7-10-20-27-18-8-4-9-19-27/h3,5-6,12-17,22,26H,4,8-10,18-21H2,1-2H3. The predicted molar refractivity (Wildman–Crippen MR) is 117 cm³/mol. The highest BCUT2D eigenvalue weighted by Crippen LogP contribution is 2.27. The van der Waals surface area contributed by atoms with Gasteiger partial charge in [-0.1, -0.05) is 62.4 Å². The summed E-state index contributed by atoms with van der Waals surface area (Å²) in [6.45, 7) is 8.07. The second-order valence-corrected chi connectivity index (χ2v) is 8.13. The summed E-state index contributed by atoms with van der Waals surface area (Å²) in [6.07, 6.45) is 6.10. The van der Waals surface area contributed by atoms with E-state index < -0.39 is 0 Å². The van der Waals surface area contributed by atoms with Gasteiger partial charge in [-0.05, 0) is 68.1 Å². The number of benzene rings is 2. The quantitative estimate of drug-likeness (QED) is 0.544. The molecule has 2 aromatic rings. The second-order valence-electron chi connectivity index (χ2n) is 8.13. The van der Waals surface area contributed by atoms with Gasteiger partial charge in [0.15, 0.2) is 0 Å². The third-order valence-corrected chi connectivity index (χ3v) is 5.22. The predicted octanol–water partition coefficient (Wildman–Crippen LogP) is 6.08. The number of hydrogen-bond acceptors (Lipinski definition) is 2. The van der Waals surface area contributed by atoms with Crippen LogP contribution in [-0.2, 0) is 0 Å². The zero-order chi connectivity index (χ0) is 19.6. The number of hydrogen-bond donors (Lipinski definition) is 0. The molecule has 28 heavy (non-hydrogen) atoms. The van der Waals surface area contributed by atoms with Crippen molar-refractivity contribution in [2.24, 2.45) is 5.92 Å². The maximum absolute atomic E-state index is 6.28. The van der Waals surface area contributed by atoms with Crippen LogP contribution in [0, 0.1) is 17.8 Å². The number of likely N-dealkylation sites (tertiary alicyclic amines) is 1. The lowest BCUT2D eigenvalue weighted by molar-refractivity contribution is 0.177. The van der Waals surface area contributed by atoms with Crippen molar-refractivity contribution in [1.82, 2.24) is 4.90 Å². The third kappa shape index (κ3) is 6.73. The first kappa shape index (κ1) is 20.5. The maximum Gasteiger partial charge on any atom is 0.124 e. The fourth-order valence-corrected chi connectivity index (χ4v) is 3.69. The van der Waals surface area contributed by atoms with Crippen molar-refractivity contribution in [2.45, 2.75) is 52.1 Å². The fourth-order valence-electron chi connectivity index (χ4n) is 3.69. The highest BCUT2D eigenvalue weighted by molar-refractivity contribution is 5.37. The first-order valence-electron chi connectivity index (χ1n) is 10.7. The lowest BCUT2D eigenvalue weighted by atomic mass is 9.98. The normalized spacial score (nSPS) is 15.7. The minimum Gasteiger partial charge on any atom is -0.486 e. The number of piperidine rings is 1. The van der Waals surface area contributed by atoms with Crippen molar-refractivity contribution in [1.29, 1.82) is 0 Å². The van der Waals surface area contributed by atoms with Gasteiger partial charge < -0.3 is 9.64 Å². The van der Waals surface area contributed by atoms with E-state index in [1.54, 1.807) is 0 Å². The lowest BCUT2D eigenvalue weighted by Gasteiger charge is -2.25. The summed E-state index contributed by atoms with van der Waals surface area (Å²) in [5.41, 5.74) is 2.31. The SMILES string of the molecule is CC(C)CC(Oc1ccccc1)c1ccc(C#CCCN2CCCCC2)cc1. The Hall–Kier alpha value is -2.24. The zero-order valence-electron chi connectivity index (χ0n) is 17.4. The van der Waals surface area contributed by atoms with Gasteiger partial charge in [0.05, 0.1) is 0 Å². The van der Waals surface area contributed by atoms with Crippen LogP contribution in [0.3, 0.4) is 0 Å². The minimum absolute atomic E-state index is 0.0727. The first-order chi connectivity index (χ1) is 13.7. The van der Waals surface area contributed by atoms with Crippen molar-refractivity contribution in [2.75, 3.05) is 19.6 Å². The van der Waals surface area contributed by atoms with Crippen LogP contribution in [0.25, 0.3) is 0 Å². The van der Waals surface area contributed by atoms with Crippen molar-refractivity contribution < 1.29 is 4.74 Å². The molecular formula is C26H33NO. The minimum atomic E-state index is 0.0727. The van der Waals surface area contributed by atoms with E-state index in [2.05, 4.69) is 54.9 Å². The van der Waals surface area contributed by atoms with Crippen molar-refractivity contribution in [3.8, 4) is 17.6 Å². The second kappa shape index (κ2) is 10.9. The molecule has 148 valence electrons. The Labute approximate surface area is 170 Å². The molecule has 2 aromatic carbocycles. The van der Waals surface area contributed by atoms with Crippen LogP contribution < -0.4 is 4.74 Å². The van der Waals surface area contributed by atoms with Gasteiger partial charge in [-0.15, -0.1) is 0 Å². The number of ether oxygens (including phenoxy) is 1. The Balaban J connectivity index is 1.58. The summed E-state index contributed by atoms with van der Waals surface area (Å²) in [5, 5.41) is 0. The summed E-state index contributed by atoms with van der Waals surface area (Å²) in [7, 11) is 0. The fraction of sp³-hybridized carbons (Fsp3) is 0.462. The molecule has 0 N–H and O–H groups in total. The molecule has 0 aliphatic carbocycles. The molecule has 1 fully saturated rings. The highest BCUT2D eigenvalue weighted by atomic mass is 16.5. The molecule has 0 bridgehead atoms. The van der Waals surface area contributed by atoms with E-state index >= 15 is 0 Å². The average Bonchev–Trinajstić information content (AvgIpc) is 2.72. The molecule has 1 aliphatic heterocycles. The van der Waals surface area contributed by atoms with E-state index in [9.17, 15) is 0 Å². The maximum atomic E-state index is 6.28. The summed E-state index contributed by atoms with van der Waals surface area (Å²) < 4.78 is 6.28. The molecule has 1 unspecified atom stereocenters. The molecule has 3 rings (SSSR count). The lowest BCUT2D eigenvalue weighted by Crippen LogP contribution is -2.30. The average molecular weight is 376 g/mol. The Morgan fingerprint density at radius 3 is 2.32 bits per heavy atom. The summed E-state index contributed by atoms with van der Waals surface area (Å²) in [6, 6.07) is 18.7. The largest absolute Gasteiger partial charge is 0.486 e. The van der Waals surface area contributed by atoms with Crippen molar-refractivity contribution >= 4 is 0 Å².